The van der Waals surface area contributed by atoms with Gasteiger partial charge in [-0.3, -0.25) is 9.59 Å². The van der Waals surface area contributed by atoms with E-state index in [0.29, 0.717) is 11.8 Å². The van der Waals surface area contributed by atoms with Crippen LogP contribution in [0.4, 0.5) is 0 Å². The number of esters is 1. The zero-order chi connectivity index (χ0) is 16.1. The number of piperidine rings is 1. The summed E-state index contributed by atoms with van der Waals surface area (Å²) >= 11 is 6.77. The lowest BCUT2D eigenvalue weighted by Crippen LogP contribution is -2.56. The highest BCUT2D eigenvalue weighted by atomic mass is 35.5. The number of likely N-dealkylation sites (tertiary alicyclic amines) is 1. The first-order valence-electron chi connectivity index (χ1n) is 9.12. The molecule has 4 bridgehead atoms. The Morgan fingerprint density at radius 2 is 1.70 bits per heavy atom. The largest absolute Gasteiger partial charge is 0.455 e. The van der Waals surface area contributed by atoms with Gasteiger partial charge in [0.05, 0.1) is 5.41 Å². The minimum Gasteiger partial charge on any atom is -0.455 e. The van der Waals surface area contributed by atoms with Gasteiger partial charge in [-0.05, 0) is 69.6 Å². The molecule has 1 aliphatic heterocycles. The van der Waals surface area contributed by atoms with E-state index in [0.717, 1.165) is 58.0 Å². The molecule has 1 amide bonds. The van der Waals surface area contributed by atoms with Crippen LogP contribution in [-0.2, 0) is 14.3 Å². The molecule has 5 rings (SSSR count). The number of amides is 1. The highest BCUT2D eigenvalue weighted by Crippen LogP contribution is 2.64. The monoisotopic (exact) mass is 339 g/mol. The van der Waals surface area contributed by atoms with Crippen LogP contribution in [0.2, 0.25) is 0 Å². The summed E-state index contributed by atoms with van der Waals surface area (Å²) in [4.78, 5) is 26.6. The molecule has 128 valence electrons. The molecule has 1 heterocycles. The minimum absolute atomic E-state index is 0.0386. The van der Waals surface area contributed by atoms with E-state index in [-0.39, 0.29) is 23.4 Å². The van der Waals surface area contributed by atoms with Gasteiger partial charge in [0.1, 0.15) is 0 Å². The maximum Gasteiger partial charge on any atom is 0.312 e. The van der Waals surface area contributed by atoms with Crippen LogP contribution >= 0.6 is 11.6 Å². The first-order chi connectivity index (χ1) is 11.0. The zero-order valence-electron chi connectivity index (χ0n) is 13.7. The summed E-state index contributed by atoms with van der Waals surface area (Å²) < 4.78 is 5.50. The highest BCUT2D eigenvalue weighted by Gasteiger charge is 2.60. The van der Waals surface area contributed by atoms with Crippen LogP contribution in [0.1, 0.15) is 57.8 Å². The van der Waals surface area contributed by atoms with Crippen LogP contribution in [0.25, 0.3) is 0 Å². The molecular weight excluding hydrogens is 314 g/mol. The summed E-state index contributed by atoms with van der Waals surface area (Å²) in [5.74, 6) is 0.934. The van der Waals surface area contributed by atoms with Crippen molar-refractivity contribution in [1.82, 2.24) is 4.90 Å². The van der Waals surface area contributed by atoms with Crippen molar-refractivity contribution >= 4 is 23.5 Å². The van der Waals surface area contributed by atoms with Crippen LogP contribution in [0.3, 0.4) is 0 Å². The van der Waals surface area contributed by atoms with E-state index in [1.165, 1.54) is 12.8 Å². The molecule has 23 heavy (non-hydrogen) atoms. The van der Waals surface area contributed by atoms with Crippen molar-refractivity contribution in [2.45, 2.75) is 62.7 Å². The van der Waals surface area contributed by atoms with E-state index in [2.05, 4.69) is 0 Å². The first-order valence-corrected chi connectivity index (χ1v) is 9.50. The summed E-state index contributed by atoms with van der Waals surface area (Å²) in [5, 5.41) is 0. The predicted molar refractivity (Wildman–Crippen MR) is 87.1 cm³/mol. The lowest BCUT2D eigenvalue weighted by atomic mass is 9.49. The van der Waals surface area contributed by atoms with E-state index in [9.17, 15) is 9.59 Å². The minimum atomic E-state index is -0.409. The van der Waals surface area contributed by atoms with E-state index in [4.69, 9.17) is 16.3 Å². The van der Waals surface area contributed by atoms with E-state index in [1.54, 1.807) is 0 Å². The van der Waals surface area contributed by atoms with Crippen LogP contribution in [0.5, 0.6) is 0 Å². The molecule has 5 fully saturated rings. The molecule has 4 atom stereocenters. The van der Waals surface area contributed by atoms with Gasteiger partial charge in [0.15, 0.2) is 6.61 Å². The van der Waals surface area contributed by atoms with Gasteiger partial charge in [-0.25, -0.2) is 0 Å². The maximum absolute atomic E-state index is 12.8. The molecule has 0 aromatic carbocycles. The van der Waals surface area contributed by atoms with Crippen molar-refractivity contribution in [3.63, 3.8) is 0 Å². The molecule has 2 unspecified atom stereocenters. The molecule has 5 aliphatic rings. The van der Waals surface area contributed by atoms with Crippen molar-refractivity contribution in [3.8, 4) is 0 Å². The second-order valence-corrected chi connectivity index (χ2v) is 9.21. The summed E-state index contributed by atoms with van der Waals surface area (Å²) in [6.07, 6.45) is 9.18. The standard InChI is InChI=1S/C18H26ClNO3/c19-18-9-13-6-14(10-18)8-17(7-13,12-18)16(22)23-11-15(21)20-4-2-1-3-5-20/h13-14H,1-12H2/t13-,14+,17?,18?. The Morgan fingerprint density at radius 3 is 2.30 bits per heavy atom. The lowest BCUT2D eigenvalue weighted by molar-refractivity contribution is -0.173. The average molecular weight is 340 g/mol. The Bertz CT molecular complexity index is 500. The molecule has 1 saturated heterocycles. The topological polar surface area (TPSA) is 46.6 Å². The van der Waals surface area contributed by atoms with Crippen molar-refractivity contribution in [2.75, 3.05) is 19.7 Å². The second kappa shape index (κ2) is 5.65. The molecule has 4 saturated carbocycles. The van der Waals surface area contributed by atoms with Crippen molar-refractivity contribution in [2.24, 2.45) is 17.3 Å². The van der Waals surface area contributed by atoms with Crippen molar-refractivity contribution in [1.29, 1.82) is 0 Å². The average Bonchev–Trinajstić information content (AvgIpc) is 2.50. The van der Waals surface area contributed by atoms with Gasteiger partial charge in [-0.15, -0.1) is 11.6 Å². The molecule has 0 aromatic rings. The zero-order valence-corrected chi connectivity index (χ0v) is 14.4. The fraction of sp³-hybridized carbons (Fsp3) is 0.889. The smallest absolute Gasteiger partial charge is 0.312 e. The van der Waals surface area contributed by atoms with Crippen LogP contribution < -0.4 is 0 Å². The number of hydrogen-bond acceptors (Lipinski definition) is 3. The Hall–Kier alpha value is -0.770. The van der Waals surface area contributed by atoms with Crippen LogP contribution in [0.15, 0.2) is 0 Å². The predicted octanol–water partition coefficient (Wildman–Crippen LogP) is 3.12. The van der Waals surface area contributed by atoms with Gasteiger partial charge in [-0.2, -0.15) is 0 Å². The number of rotatable bonds is 3. The summed E-state index contributed by atoms with van der Waals surface area (Å²) in [6, 6.07) is 0. The van der Waals surface area contributed by atoms with Gasteiger partial charge in [0, 0.05) is 18.0 Å². The van der Waals surface area contributed by atoms with E-state index < -0.39 is 5.41 Å². The first kappa shape index (κ1) is 15.7. The Morgan fingerprint density at radius 1 is 1.04 bits per heavy atom. The van der Waals surface area contributed by atoms with Crippen LogP contribution in [-0.4, -0.2) is 41.3 Å². The second-order valence-electron chi connectivity index (χ2n) is 8.41. The number of nitrogens with zero attached hydrogens (tertiary/aromatic N) is 1. The third kappa shape index (κ3) is 2.88. The van der Waals surface area contributed by atoms with E-state index >= 15 is 0 Å². The van der Waals surface area contributed by atoms with Gasteiger partial charge in [0.25, 0.3) is 5.91 Å². The Balaban J connectivity index is 1.38. The number of carbonyl (C=O) groups is 2. The molecule has 4 nitrogen and oxygen atoms in total. The quantitative estimate of drug-likeness (QED) is 0.586. The Kier molecular flexibility index (Phi) is 3.86. The highest BCUT2D eigenvalue weighted by molar-refractivity contribution is 6.24. The normalized spacial score (nSPS) is 41.9. The summed E-state index contributed by atoms with van der Waals surface area (Å²) in [7, 11) is 0. The third-order valence-electron chi connectivity index (χ3n) is 6.46. The van der Waals surface area contributed by atoms with Gasteiger partial charge >= 0.3 is 5.97 Å². The lowest BCUT2D eigenvalue weighted by Gasteiger charge is -2.58. The number of hydrogen-bond donors (Lipinski definition) is 0. The maximum atomic E-state index is 12.8. The van der Waals surface area contributed by atoms with Crippen LogP contribution in [0, 0.1) is 17.3 Å². The summed E-state index contributed by atoms with van der Waals surface area (Å²) in [5.41, 5.74) is -0.409. The van der Waals surface area contributed by atoms with E-state index in [1.807, 2.05) is 4.90 Å². The summed E-state index contributed by atoms with van der Waals surface area (Å²) in [6.45, 7) is 1.51. The molecule has 0 spiro atoms. The molecule has 0 aromatic heterocycles. The third-order valence-corrected chi connectivity index (χ3v) is 6.90. The van der Waals surface area contributed by atoms with Crippen molar-refractivity contribution < 1.29 is 14.3 Å². The molecular formula is C18H26ClNO3. The number of halogens is 1. The fourth-order valence-corrected chi connectivity index (χ4v) is 6.60. The number of carbonyl (C=O) groups excluding carboxylic acids is 2. The number of alkyl halides is 1. The molecule has 0 N–H and O–H groups in total. The molecule has 4 aliphatic carbocycles. The van der Waals surface area contributed by atoms with Gasteiger partial charge < -0.3 is 9.64 Å². The Labute approximate surface area is 142 Å². The molecule has 5 heteroatoms. The van der Waals surface area contributed by atoms with Crippen molar-refractivity contribution in [3.05, 3.63) is 0 Å². The van der Waals surface area contributed by atoms with Gasteiger partial charge in [0.2, 0.25) is 0 Å². The fourth-order valence-electron chi connectivity index (χ4n) is 5.90. The van der Waals surface area contributed by atoms with Gasteiger partial charge in [-0.1, -0.05) is 0 Å². The SMILES string of the molecule is O=C(COC(=O)C12C[C@@H]3C[C@@H](CC(Cl)(C3)C1)C2)N1CCCCC1. The number of ether oxygens (including phenoxy) is 1. The molecule has 0 radical (unpaired) electrons.